The van der Waals surface area contributed by atoms with Gasteiger partial charge in [0.25, 0.3) is 0 Å². The summed E-state index contributed by atoms with van der Waals surface area (Å²) in [6.07, 6.45) is 4.19. The average Bonchev–Trinajstić information content (AvgIpc) is 3.44. The van der Waals surface area contributed by atoms with Gasteiger partial charge in [-0.15, -0.1) is 24.0 Å². The minimum atomic E-state index is 0. The largest absolute Gasteiger partial charge is 0.496 e. The molecule has 0 unspecified atom stereocenters. The first kappa shape index (κ1) is 23.1. The van der Waals surface area contributed by atoms with E-state index >= 15 is 0 Å². The fourth-order valence-electron chi connectivity index (χ4n) is 3.91. The molecule has 4 rings (SSSR count). The number of guanidine groups is 1. The Balaban J connectivity index is 0.00000272. The van der Waals surface area contributed by atoms with E-state index in [1.807, 2.05) is 50.6 Å². The lowest BCUT2D eigenvalue weighted by Gasteiger charge is -2.25. The average molecular weight is 531 g/mol. The minimum absolute atomic E-state index is 0. The summed E-state index contributed by atoms with van der Waals surface area (Å²) in [5.41, 5.74) is 3.55. The van der Waals surface area contributed by atoms with E-state index in [1.165, 1.54) is 5.56 Å². The summed E-state index contributed by atoms with van der Waals surface area (Å²) in [6.45, 7) is 1.48. The number of nitrogens with one attached hydrogen (secondary N) is 2. The molecule has 7 heteroatoms. The van der Waals surface area contributed by atoms with Crippen LogP contribution in [0, 0.1) is 0 Å². The molecule has 0 spiro atoms. The van der Waals surface area contributed by atoms with Crippen molar-refractivity contribution in [3.63, 3.8) is 0 Å². The molecule has 0 radical (unpaired) electrons. The van der Waals surface area contributed by atoms with Crippen LogP contribution in [0.4, 0.5) is 0 Å². The van der Waals surface area contributed by atoms with Crippen LogP contribution in [-0.2, 0) is 12.0 Å². The Bertz CT molecular complexity index is 1010. The van der Waals surface area contributed by atoms with Crippen LogP contribution in [-0.4, -0.2) is 48.6 Å². The second-order valence-corrected chi connectivity index (χ2v) is 7.85. The molecule has 1 saturated carbocycles. The van der Waals surface area contributed by atoms with Gasteiger partial charge in [-0.1, -0.05) is 48.5 Å². The number of methoxy groups -OCH3 is 1. The van der Waals surface area contributed by atoms with Crippen molar-refractivity contribution in [2.24, 2.45) is 4.99 Å². The standard InChI is InChI=1S/C24H29N5O.HI/c1-25-23(27-17-24(13-14-24)19-11-7-8-12-21(19)30-3)29(2)16-22-26-15-20(28-22)18-9-5-4-6-10-18;/h4-12,15H,13-14,16-17H2,1-3H3,(H,25,27)(H,26,28);1H. The van der Waals surface area contributed by atoms with Gasteiger partial charge in [-0.3, -0.25) is 4.99 Å². The molecular formula is C24H30IN5O. The molecule has 1 heterocycles. The van der Waals surface area contributed by atoms with E-state index in [-0.39, 0.29) is 29.4 Å². The monoisotopic (exact) mass is 531 g/mol. The third-order valence-electron chi connectivity index (χ3n) is 5.79. The van der Waals surface area contributed by atoms with Gasteiger partial charge in [0.2, 0.25) is 0 Å². The number of hydrogen-bond acceptors (Lipinski definition) is 3. The van der Waals surface area contributed by atoms with Gasteiger partial charge < -0.3 is 19.9 Å². The number of H-pyrrole nitrogens is 1. The van der Waals surface area contributed by atoms with Crippen LogP contribution < -0.4 is 10.1 Å². The Morgan fingerprint density at radius 1 is 1.16 bits per heavy atom. The number of benzene rings is 2. The smallest absolute Gasteiger partial charge is 0.193 e. The lowest BCUT2D eigenvalue weighted by Crippen LogP contribution is -2.42. The van der Waals surface area contributed by atoms with E-state index in [0.29, 0.717) is 6.54 Å². The molecule has 1 aliphatic rings. The summed E-state index contributed by atoms with van der Waals surface area (Å²) in [5, 5.41) is 3.56. The molecule has 2 aromatic carbocycles. The Morgan fingerprint density at radius 3 is 2.55 bits per heavy atom. The zero-order valence-electron chi connectivity index (χ0n) is 18.3. The summed E-state index contributed by atoms with van der Waals surface area (Å²) in [6, 6.07) is 18.5. The van der Waals surface area contributed by atoms with Crippen LogP contribution in [0.15, 0.2) is 65.8 Å². The quantitative estimate of drug-likeness (QED) is 0.269. The number of ether oxygens (including phenoxy) is 1. The predicted molar refractivity (Wildman–Crippen MR) is 136 cm³/mol. The molecule has 0 amide bonds. The van der Waals surface area contributed by atoms with Crippen molar-refractivity contribution in [3.8, 4) is 17.0 Å². The zero-order chi connectivity index (χ0) is 21.0. The Morgan fingerprint density at radius 2 is 1.87 bits per heavy atom. The molecule has 6 nitrogen and oxygen atoms in total. The van der Waals surface area contributed by atoms with Crippen LogP contribution >= 0.6 is 24.0 Å². The first-order valence-electron chi connectivity index (χ1n) is 10.3. The topological polar surface area (TPSA) is 65.5 Å². The van der Waals surface area contributed by atoms with Crippen molar-refractivity contribution in [1.82, 2.24) is 20.2 Å². The fraction of sp³-hybridized carbons (Fsp3) is 0.333. The number of hydrogen-bond donors (Lipinski definition) is 2. The highest BCUT2D eigenvalue weighted by atomic mass is 127. The van der Waals surface area contributed by atoms with E-state index < -0.39 is 0 Å². The van der Waals surface area contributed by atoms with E-state index in [1.54, 1.807) is 7.11 Å². The number of para-hydroxylation sites is 1. The molecule has 0 aliphatic heterocycles. The summed E-state index contributed by atoms with van der Waals surface area (Å²) in [4.78, 5) is 14.5. The van der Waals surface area contributed by atoms with Gasteiger partial charge in [0.15, 0.2) is 5.96 Å². The number of aromatic amines is 1. The number of aliphatic imine (C=N–C) groups is 1. The summed E-state index contributed by atoms with van der Waals surface area (Å²) >= 11 is 0. The number of imidazole rings is 1. The third kappa shape index (κ3) is 5.20. The van der Waals surface area contributed by atoms with Gasteiger partial charge in [0, 0.05) is 31.6 Å². The van der Waals surface area contributed by atoms with Gasteiger partial charge in [-0.2, -0.15) is 0 Å². The first-order chi connectivity index (χ1) is 14.6. The van der Waals surface area contributed by atoms with Crippen molar-refractivity contribution >= 4 is 29.9 Å². The molecule has 2 N–H and O–H groups in total. The molecule has 0 saturated heterocycles. The Hall–Kier alpha value is -2.55. The van der Waals surface area contributed by atoms with Crippen molar-refractivity contribution in [1.29, 1.82) is 0 Å². The van der Waals surface area contributed by atoms with Crippen LogP contribution in [0.5, 0.6) is 5.75 Å². The van der Waals surface area contributed by atoms with Crippen LogP contribution in [0.3, 0.4) is 0 Å². The second-order valence-electron chi connectivity index (χ2n) is 7.85. The SMILES string of the molecule is CN=C(NCC1(c2ccccc2OC)CC1)N(C)Cc1ncc(-c2ccccc2)[nH]1.I. The van der Waals surface area contributed by atoms with Gasteiger partial charge in [0.1, 0.15) is 11.6 Å². The first-order valence-corrected chi connectivity index (χ1v) is 10.3. The lowest BCUT2D eigenvalue weighted by molar-refractivity contribution is 0.402. The van der Waals surface area contributed by atoms with Crippen molar-refractivity contribution in [3.05, 3.63) is 72.2 Å². The van der Waals surface area contributed by atoms with Gasteiger partial charge >= 0.3 is 0 Å². The van der Waals surface area contributed by atoms with Crippen LogP contribution in [0.25, 0.3) is 11.3 Å². The van der Waals surface area contributed by atoms with Crippen LogP contribution in [0.2, 0.25) is 0 Å². The number of nitrogens with zero attached hydrogens (tertiary/aromatic N) is 3. The van der Waals surface area contributed by atoms with Gasteiger partial charge in [-0.25, -0.2) is 4.98 Å². The summed E-state index contributed by atoms with van der Waals surface area (Å²) < 4.78 is 5.59. The molecule has 164 valence electrons. The molecule has 0 atom stereocenters. The van der Waals surface area contributed by atoms with Crippen molar-refractivity contribution < 1.29 is 4.74 Å². The van der Waals surface area contributed by atoms with Gasteiger partial charge in [0.05, 0.1) is 25.5 Å². The van der Waals surface area contributed by atoms with Gasteiger partial charge in [-0.05, 0) is 24.5 Å². The van der Waals surface area contributed by atoms with Crippen molar-refractivity contribution in [2.75, 3.05) is 27.7 Å². The second kappa shape index (κ2) is 10.2. The lowest BCUT2D eigenvalue weighted by atomic mass is 9.95. The maximum absolute atomic E-state index is 5.59. The highest BCUT2D eigenvalue weighted by Crippen LogP contribution is 2.50. The summed E-state index contributed by atoms with van der Waals surface area (Å²) in [7, 11) is 5.59. The van der Waals surface area contributed by atoms with E-state index in [9.17, 15) is 0 Å². The number of halogens is 1. The molecule has 1 aromatic heterocycles. The van der Waals surface area contributed by atoms with E-state index in [2.05, 4.69) is 49.4 Å². The minimum Gasteiger partial charge on any atom is -0.496 e. The Kier molecular flexibility index (Phi) is 7.59. The molecule has 3 aromatic rings. The Labute approximate surface area is 201 Å². The third-order valence-corrected chi connectivity index (χ3v) is 5.79. The maximum Gasteiger partial charge on any atom is 0.193 e. The normalized spacial score (nSPS) is 14.5. The molecule has 1 aliphatic carbocycles. The highest BCUT2D eigenvalue weighted by Gasteiger charge is 2.46. The number of rotatable bonds is 7. The van der Waals surface area contributed by atoms with E-state index in [0.717, 1.165) is 48.2 Å². The molecule has 31 heavy (non-hydrogen) atoms. The zero-order valence-corrected chi connectivity index (χ0v) is 20.6. The maximum atomic E-state index is 5.59. The molecular weight excluding hydrogens is 501 g/mol. The predicted octanol–water partition coefficient (Wildman–Crippen LogP) is 4.44. The highest BCUT2D eigenvalue weighted by molar-refractivity contribution is 14.0. The van der Waals surface area contributed by atoms with Crippen LogP contribution in [0.1, 0.15) is 24.2 Å². The van der Waals surface area contributed by atoms with E-state index in [4.69, 9.17) is 4.74 Å². The fourth-order valence-corrected chi connectivity index (χ4v) is 3.91. The van der Waals surface area contributed by atoms with Crippen molar-refractivity contribution in [2.45, 2.75) is 24.8 Å². The molecule has 0 bridgehead atoms. The molecule has 1 fully saturated rings. The summed E-state index contributed by atoms with van der Waals surface area (Å²) in [5.74, 6) is 2.73. The number of aromatic nitrogens is 2.